The first-order valence-corrected chi connectivity index (χ1v) is 11.8. The van der Waals surface area contributed by atoms with Crippen molar-refractivity contribution in [2.24, 2.45) is 0 Å². The van der Waals surface area contributed by atoms with E-state index in [1.165, 1.54) is 31.2 Å². The molecular formula is C28H26O11. The number of carbonyl (C=O) groups excluding carboxylic acids is 1. The van der Waals surface area contributed by atoms with E-state index >= 15 is 0 Å². The van der Waals surface area contributed by atoms with Crippen LogP contribution in [0.15, 0.2) is 54.8 Å². The summed E-state index contributed by atoms with van der Waals surface area (Å²) in [6, 6.07) is 7.30. The van der Waals surface area contributed by atoms with Gasteiger partial charge in [0.25, 0.3) is 0 Å². The number of phenolic OH excluding ortho intramolecular Hbond substituents is 1. The Labute approximate surface area is 220 Å². The highest BCUT2D eigenvalue weighted by molar-refractivity contribution is 5.96. The third kappa shape index (κ3) is 6.32. The number of hydrogen-bond acceptors (Lipinski definition) is 9. The van der Waals surface area contributed by atoms with Crippen LogP contribution in [0.4, 0.5) is 0 Å². The number of rotatable bonds is 5. The average Bonchev–Trinajstić information content (AvgIpc) is 2.82. The highest BCUT2D eigenvalue weighted by atomic mass is 16.5. The van der Waals surface area contributed by atoms with E-state index in [9.17, 15) is 29.1 Å². The number of hydrogen-bond donors (Lipinski definition) is 3. The highest BCUT2D eigenvalue weighted by Crippen LogP contribution is 2.28. The molecule has 11 heteroatoms. The fourth-order valence-electron chi connectivity index (χ4n) is 3.61. The SMILES string of the molecule is CC(=O)Oc1cc(C(=O)O)cc2oc(C(C)C)cc(=O)c12.CC(C)c1cc(=O)c2c(O)cc(C(=O)O)cc2o1. The normalized spacial score (nSPS) is 10.9. The molecule has 0 saturated heterocycles. The van der Waals surface area contributed by atoms with Gasteiger partial charge in [-0.1, -0.05) is 27.7 Å². The van der Waals surface area contributed by atoms with Crippen LogP contribution in [0.1, 0.15) is 78.7 Å². The first kappa shape index (κ1) is 28.6. The molecule has 3 N–H and O–H groups in total. The summed E-state index contributed by atoms with van der Waals surface area (Å²) in [6.45, 7) is 8.57. The van der Waals surface area contributed by atoms with Gasteiger partial charge >= 0.3 is 17.9 Å². The molecule has 39 heavy (non-hydrogen) atoms. The Hall–Kier alpha value is -4.93. The molecule has 4 aromatic rings. The first-order chi connectivity index (χ1) is 18.2. The summed E-state index contributed by atoms with van der Waals surface area (Å²) in [5.74, 6) is -2.68. The van der Waals surface area contributed by atoms with Crippen molar-refractivity contribution in [3.8, 4) is 11.5 Å². The lowest BCUT2D eigenvalue weighted by molar-refractivity contribution is -0.131. The van der Waals surface area contributed by atoms with Gasteiger partial charge in [0, 0.05) is 30.9 Å². The smallest absolute Gasteiger partial charge is 0.335 e. The summed E-state index contributed by atoms with van der Waals surface area (Å²) < 4.78 is 16.0. The van der Waals surface area contributed by atoms with E-state index in [-0.39, 0.29) is 67.3 Å². The van der Waals surface area contributed by atoms with Crippen molar-refractivity contribution in [3.63, 3.8) is 0 Å². The minimum absolute atomic E-state index is 0.00210. The molecule has 0 spiro atoms. The molecule has 0 atom stereocenters. The van der Waals surface area contributed by atoms with Crippen LogP contribution < -0.4 is 15.6 Å². The molecular weight excluding hydrogens is 512 g/mol. The minimum atomic E-state index is -1.21. The standard InChI is InChI=1S/C15H14O6.C13H12O5/c1-7(2)11-6-10(17)14-12(20-8(3)16)4-9(15(18)19)5-13(14)21-11;1-6(2)10-5-9(15)12-8(14)3-7(13(16)17)4-11(12)18-10/h4-7H,1-3H3,(H,18,19);3-6,14H,1-2H3,(H,16,17). The Bertz CT molecular complexity index is 1720. The molecule has 0 aliphatic rings. The van der Waals surface area contributed by atoms with E-state index in [0.29, 0.717) is 11.5 Å². The van der Waals surface area contributed by atoms with Crippen molar-refractivity contribution in [1.82, 2.24) is 0 Å². The number of esters is 1. The van der Waals surface area contributed by atoms with Crippen LogP contribution in [0.3, 0.4) is 0 Å². The molecule has 2 heterocycles. The molecule has 0 saturated carbocycles. The van der Waals surface area contributed by atoms with Crippen LogP contribution in [0.25, 0.3) is 21.9 Å². The fourth-order valence-corrected chi connectivity index (χ4v) is 3.61. The molecule has 0 aliphatic carbocycles. The summed E-state index contributed by atoms with van der Waals surface area (Å²) in [4.78, 5) is 57.1. The van der Waals surface area contributed by atoms with Crippen molar-refractivity contribution in [2.45, 2.75) is 46.5 Å². The number of carboxylic acid groups (broad SMARTS) is 2. The van der Waals surface area contributed by atoms with Gasteiger partial charge in [-0.3, -0.25) is 14.4 Å². The second-order valence-electron chi connectivity index (χ2n) is 9.26. The van der Waals surface area contributed by atoms with Gasteiger partial charge in [-0.2, -0.15) is 0 Å². The van der Waals surface area contributed by atoms with Gasteiger partial charge in [0.2, 0.25) is 0 Å². The molecule has 0 aliphatic heterocycles. The predicted molar refractivity (Wildman–Crippen MR) is 140 cm³/mol. The van der Waals surface area contributed by atoms with Crippen molar-refractivity contribution in [3.05, 3.63) is 79.5 Å². The molecule has 0 radical (unpaired) electrons. The van der Waals surface area contributed by atoms with Crippen LogP contribution in [-0.4, -0.2) is 33.2 Å². The minimum Gasteiger partial charge on any atom is -0.507 e. The molecule has 0 unspecified atom stereocenters. The second-order valence-corrected chi connectivity index (χ2v) is 9.26. The number of fused-ring (bicyclic) bond motifs is 2. The van der Waals surface area contributed by atoms with E-state index in [0.717, 1.165) is 12.1 Å². The van der Waals surface area contributed by atoms with Gasteiger partial charge in [-0.05, 0) is 24.3 Å². The Kier molecular flexibility index (Phi) is 8.24. The molecule has 0 fully saturated rings. The second kappa shape index (κ2) is 11.2. The summed E-state index contributed by atoms with van der Waals surface area (Å²) in [5, 5.41) is 27.7. The summed E-state index contributed by atoms with van der Waals surface area (Å²) >= 11 is 0. The van der Waals surface area contributed by atoms with E-state index < -0.39 is 17.9 Å². The largest absolute Gasteiger partial charge is 0.507 e. The third-order valence-electron chi connectivity index (χ3n) is 5.53. The van der Waals surface area contributed by atoms with Crippen LogP contribution in [0.2, 0.25) is 0 Å². The monoisotopic (exact) mass is 538 g/mol. The lowest BCUT2D eigenvalue weighted by Gasteiger charge is -2.09. The van der Waals surface area contributed by atoms with Crippen LogP contribution in [0.5, 0.6) is 11.5 Å². The maximum atomic E-state index is 12.2. The van der Waals surface area contributed by atoms with Crippen LogP contribution in [-0.2, 0) is 4.79 Å². The molecule has 204 valence electrons. The molecule has 11 nitrogen and oxygen atoms in total. The van der Waals surface area contributed by atoms with Gasteiger partial charge in [-0.15, -0.1) is 0 Å². The first-order valence-electron chi connectivity index (χ1n) is 11.8. The van der Waals surface area contributed by atoms with Crippen molar-refractivity contribution < 1.29 is 43.3 Å². The highest BCUT2D eigenvalue weighted by Gasteiger charge is 2.18. The van der Waals surface area contributed by atoms with E-state index in [4.69, 9.17) is 23.8 Å². The quantitative estimate of drug-likeness (QED) is 0.233. The number of benzene rings is 2. The summed E-state index contributed by atoms with van der Waals surface area (Å²) in [7, 11) is 0. The lowest BCUT2D eigenvalue weighted by Crippen LogP contribution is -2.10. The molecule has 4 rings (SSSR count). The zero-order valence-electron chi connectivity index (χ0n) is 21.7. The fraction of sp³-hybridized carbons (Fsp3) is 0.250. The van der Waals surface area contributed by atoms with Crippen molar-refractivity contribution in [1.29, 1.82) is 0 Å². The predicted octanol–water partition coefficient (Wildman–Crippen LogP) is 4.86. The van der Waals surface area contributed by atoms with Gasteiger partial charge in [0.1, 0.15) is 45.0 Å². The average molecular weight is 539 g/mol. The Morgan fingerprint density at radius 3 is 1.59 bits per heavy atom. The third-order valence-corrected chi connectivity index (χ3v) is 5.53. The Balaban J connectivity index is 0.000000218. The zero-order chi connectivity index (χ0) is 29.2. The zero-order valence-corrected chi connectivity index (χ0v) is 21.7. The van der Waals surface area contributed by atoms with Gasteiger partial charge in [-0.25, -0.2) is 9.59 Å². The van der Waals surface area contributed by atoms with Gasteiger partial charge < -0.3 is 28.9 Å². The number of ether oxygens (including phenoxy) is 1. The number of carbonyl (C=O) groups is 3. The number of aromatic hydroxyl groups is 1. The maximum Gasteiger partial charge on any atom is 0.335 e. The van der Waals surface area contributed by atoms with E-state index in [1.54, 1.807) is 0 Å². The van der Waals surface area contributed by atoms with Gasteiger partial charge in [0.15, 0.2) is 10.9 Å². The molecule has 2 aromatic heterocycles. The number of phenols is 1. The summed E-state index contributed by atoms with van der Waals surface area (Å²) in [5.41, 5.74) is -0.833. The molecule has 0 amide bonds. The lowest BCUT2D eigenvalue weighted by atomic mass is 10.1. The number of aromatic carboxylic acids is 2. The Morgan fingerprint density at radius 2 is 1.15 bits per heavy atom. The topological polar surface area (TPSA) is 182 Å². The molecule has 0 bridgehead atoms. The summed E-state index contributed by atoms with van der Waals surface area (Å²) in [6.07, 6.45) is 0. The van der Waals surface area contributed by atoms with Crippen molar-refractivity contribution >= 4 is 39.8 Å². The van der Waals surface area contributed by atoms with Crippen LogP contribution >= 0.6 is 0 Å². The Morgan fingerprint density at radius 1 is 0.718 bits per heavy atom. The molecule has 2 aromatic carbocycles. The van der Waals surface area contributed by atoms with E-state index in [1.807, 2.05) is 27.7 Å². The van der Waals surface area contributed by atoms with Crippen LogP contribution in [0, 0.1) is 0 Å². The van der Waals surface area contributed by atoms with Crippen molar-refractivity contribution in [2.75, 3.05) is 0 Å². The van der Waals surface area contributed by atoms with E-state index in [2.05, 4.69) is 0 Å². The maximum absolute atomic E-state index is 12.2. The number of carboxylic acids is 2. The van der Waals surface area contributed by atoms with Gasteiger partial charge in [0.05, 0.1) is 11.1 Å².